The third-order valence-corrected chi connectivity index (χ3v) is 4.09. The van der Waals surface area contributed by atoms with Gasteiger partial charge in [-0.2, -0.15) is 0 Å². The van der Waals surface area contributed by atoms with Crippen molar-refractivity contribution in [3.8, 4) is 0 Å². The summed E-state index contributed by atoms with van der Waals surface area (Å²) in [5, 5.41) is 0. The zero-order valence-electron chi connectivity index (χ0n) is 12.9. The Morgan fingerprint density at radius 3 is 2.06 bits per heavy atom. The van der Waals surface area contributed by atoms with Crippen LogP contribution in [0.4, 0.5) is 0 Å². The molecule has 0 N–H and O–H groups in total. The highest BCUT2D eigenvalue weighted by atomic mass is 35.5. The number of alkyl halides is 1. The molecule has 0 fully saturated rings. The summed E-state index contributed by atoms with van der Waals surface area (Å²) in [6, 6.07) is 0. The zero-order chi connectivity index (χ0) is 13.9. The van der Waals surface area contributed by atoms with Crippen LogP contribution in [-0.2, 0) is 4.74 Å². The van der Waals surface area contributed by atoms with E-state index in [1.165, 1.54) is 51.4 Å². The fourth-order valence-electron chi connectivity index (χ4n) is 2.48. The third-order valence-electron chi connectivity index (χ3n) is 3.78. The predicted octanol–water partition coefficient (Wildman–Crippen LogP) is 5.80. The van der Waals surface area contributed by atoms with Crippen LogP contribution in [0.25, 0.3) is 0 Å². The van der Waals surface area contributed by atoms with Crippen LogP contribution in [0, 0.1) is 5.92 Å². The van der Waals surface area contributed by atoms with Crippen molar-refractivity contribution in [1.82, 2.24) is 0 Å². The predicted molar refractivity (Wildman–Crippen MR) is 82.5 cm³/mol. The van der Waals surface area contributed by atoms with Crippen LogP contribution >= 0.6 is 11.6 Å². The van der Waals surface area contributed by atoms with E-state index in [1.54, 1.807) is 7.11 Å². The minimum absolute atomic E-state index is 0.0723. The van der Waals surface area contributed by atoms with Gasteiger partial charge in [0.25, 0.3) is 0 Å². The van der Waals surface area contributed by atoms with E-state index in [0.717, 1.165) is 13.0 Å². The van der Waals surface area contributed by atoms with Crippen LogP contribution in [0.3, 0.4) is 0 Å². The molecule has 0 amide bonds. The summed E-state index contributed by atoms with van der Waals surface area (Å²) < 4.78 is 5.13. The molecule has 0 aromatic carbocycles. The molecular formula is C16H33ClO. The SMILES string of the molecule is CCCCCCCCC(CCCOC)C(C)(C)Cl. The molecule has 0 radical (unpaired) electrons. The topological polar surface area (TPSA) is 9.23 Å². The number of rotatable bonds is 12. The van der Waals surface area contributed by atoms with Crippen molar-refractivity contribution in [2.75, 3.05) is 13.7 Å². The summed E-state index contributed by atoms with van der Waals surface area (Å²) in [5.74, 6) is 0.625. The molecule has 0 saturated carbocycles. The Labute approximate surface area is 120 Å². The van der Waals surface area contributed by atoms with Crippen molar-refractivity contribution in [2.24, 2.45) is 5.92 Å². The van der Waals surface area contributed by atoms with Crippen LogP contribution in [0.15, 0.2) is 0 Å². The molecule has 0 rings (SSSR count). The Morgan fingerprint density at radius 2 is 1.50 bits per heavy atom. The first-order valence-electron chi connectivity index (χ1n) is 7.70. The van der Waals surface area contributed by atoms with Gasteiger partial charge in [0.1, 0.15) is 0 Å². The normalized spacial score (nSPS) is 13.8. The average Bonchev–Trinajstić information content (AvgIpc) is 2.30. The highest BCUT2D eigenvalue weighted by molar-refractivity contribution is 6.23. The first kappa shape index (κ1) is 18.2. The number of methoxy groups -OCH3 is 1. The Hall–Kier alpha value is 0.250. The summed E-state index contributed by atoms with van der Waals surface area (Å²) in [5.41, 5.74) is 0. The molecule has 0 bridgehead atoms. The zero-order valence-corrected chi connectivity index (χ0v) is 13.7. The van der Waals surface area contributed by atoms with Gasteiger partial charge in [0.15, 0.2) is 0 Å². The molecule has 1 nitrogen and oxygen atoms in total. The number of hydrogen-bond donors (Lipinski definition) is 0. The van der Waals surface area contributed by atoms with Crippen molar-refractivity contribution < 1.29 is 4.74 Å². The standard InChI is InChI=1S/C16H33ClO/c1-5-6-7-8-9-10-12-15(16(2,3)17)13-11-14-18-4/h15H,5-14H2,1-4H3. The first-order chi connectivity index (χ1) is 8.52. The van der Waals surface area contributed by atoms with E-state index in [-0.39, 0.29) is 4.87 Å². The largest absolute Gasteiger partial charge is 0.385 e. The Bertz CT molecular complexity index is 174. The Morgan fingerprint density at radius 1 is 0.944 bits per heavy atom. The highest BCUT2D eigenvalue weighted by Gasteiger charge is 2.25. The molecule has 0 aromatic heterocycles. The molecule has 110 valence electrons. The number of halogens is 1. The molecule has 1 atom stereocenters. The summed E-state index contributed by atoms with van der Waals surface area (Å²) in [7, 11) is 1.77. The lowest BCUT2D eigenvalue weighted by Crippen LogP contribution is -2.25. The van der Waals surface area contributed by atoms with E-state index < -0.39 is 0 Å². The molecule has 0 aliphatic carbocycles. The van der Waals surface area contributed by atoms with Crippen LogP contribution in [0.1, 0.15) is 78.6 Å². The second-order valence-corrected chi connectivity index (χ2v) is 6.93. The quantitative estimate of drug-likeness (QED) is 0.323. The summed E-state index contributed by atoms with van der Waals surface area (Å²) >= 11 is 6.50. The molecule has 0 heterocycles. The third kappa shape index (κ3) is 10.2. The van der Waals surface area contributed by atoms with Gasteiger partial charge in [0.2, 0.25) is 0 Å². The van der Waals surface area contributed by atoms with Crippen molar-refractivity contribution in [2.45, 2.75) is 83.4 Å². The summed E-state index contributed by atoms with van der Waals surface area (Å²) in [4.78, 5) is -0.0723. The van der Waals surface area contributed by atoms with Crippen LogP contribution < -0.4 is 0 Å². The molecular weight excluding hydrogens is 244 g/mol. The van der Waals surface area contributed by atoms with Crippen LogP contribution in [-0.4, -0.2) is 18.6 Å². The van der Waals surface area contributed by atoms with Gasteiger partial charge in [-0.25, -0.2) is 0 Å². The minimum atomic E-state index is -0.0723. The second kappa shape index (κ2) is 11.1. The minimum Gasteiger partial charge on any atom is -0.385 e. The fourth-order valence-corrected chi connectivity index (χ4v) is 2.69. The van der Waals surface area contributed by atoms with Crippen molar-refractivity contribution in [1.29, 1.82) is 0 Å². The van der Waals surface area contributed by atoms with Gasteiger partial charge in [-0.05, 0) is 39.0 Å². The van der Waals surface area contributed by atoms with Gasteiger partial charge < -0.3 is 4.74 Å². The van der Waals surface area contributed by atoms with E-state index in [1.807, 2.05) is 0 Å². The van der Waals surface area contributed by atoms with E-state index in [9.17, 15) is 0 Å². The van der Waals surface area contributed by atoms with Gasteiger partial charge in [-0.1, -0.05) is 45.4 Å². The fraction of sp³-hybridized carbons (Fsp3) is 1.00. The molecule has 0 saturated heterocycles. The lowest BCUT2D eigenvalue weighted by molar-refractivity contribution is 0.181. The lowest BCUT2D eigenvalue weighted by atomic mass is 9.85. The monoisotopic (exact) mass is 276 g/mol. The van der Waals surface area contributed by atoms with Crippen LogP contribution in [0.2, 0.25) is 0 Å². The lowest BCUT2D eigenvalue weighted by Gasteiger charge is -2.28. The first-order valence-corrected chi connectivity index (χ1v) is 8.08. The maximum absolute atomic E-state index is 6.50. The number of hydrogen-bond acceptors (Lipinski definition) is 1. The van der Waals surface area contributed by atoms with Crippen molar-refractivity contribution in [3.05, 3.63) is 0 Å². The van der Waals surface area contributed by atoms with Gasteiger partial charge in [0, 0.05) is 18.6 Å². The van der Waals surface area contributed by atoms with E-state index in [4.69, 9.17) is 16.3 Å². The molecule has 1 unspecified atom stereocenters. The molecule has 2 heteroatoms. The Kier molecular flexibility index (Phi) is 11.3. The number of unbranched alkanes of at least 4 members (excludes halogenated alkanes) is 5. The van der Waals surface area contributed by atoms with Crippen molar-refractivity contribution in [3.63, 3.8) is 0 Å². The smallest absolute Gasteiger partial charge is 0.0462 e. The van der Waals surface area contributed by atoms with Gasteiger partial charge >= 0.3 is 0 Å². The van der Waals surface area contributed by atoms with Gasteiger partial charge in [-0.15, -0.1) is 11.6 Å². The molecule has 0 spiro atoms. The maximum atomic E-state index is 6.50. The average molecular weight is 277 g/mol. The molecule has 18 heavy (non-hydrogen) atoms. The summed E-state index contributed by atoms with van der Waals surface area (Å²) in [6.07, 6.45) is 11.8. The van der Waals surface area contributed by atoms with Crippen LogP contribution in [0.5, 0.6) is 0 Å². The second-order valence-electron chi connectivity index (χ2n) is 5.95. The van der Waals surface area contributed by atoms with Gasteiger partial charge in [-0.3, -0.25) is 0 Å². The van der Waals surface area contributed by atoms with Gasteiger partial charge in [0.05, 0.1) is 0 Å². The highest BCUT2D eigenvalue weighted by Crippen LogP contribution is 2.32. The van der Waals surface area contributed by atoms with E-state index >= 15 is 0 Å². The number of ether oxygens (including phenoxy) is 1. The summed E-state index contributed by atoms with van der Waals surface area (Å²) in [6.45, 7) is 7.44. The van der Waals surface area contributed by atoms with E-state index in [2.05, 4.69) is 20.8 Å². The molecule has 0 aliphatic rings. The molecule has 0 aliphatic heterocycles. The van der Waals surface area contributed by atoms with E-state index in [0.29, 0.717) is 5.92 Å². The van der Waals surface area contributed by atoms with Crippen molar-refractivity contribution >= 4 is 11.6 Å². The molecule has 0 aromatic rings. The Balaban J connectivity index is 3.73. The maximum Gasteiger partial charge on any atom is 0.0462 e.